The van der Waals surface area contributed by atoms with Gasteiger partial charge in [-0.15, -0.1) is 0 Å². The number of carboxylic acid groups (broad SMARTS) is 1. The summed E-state index contributed by atoms with van der Waals surface area (Å²) in [6, 6.07) is 3.43. The quantitative estimate of drug-likeness (QED) is 0.690. The Bertz CT molecular complexity index is 389. The van der Waals surface area contributed by atoms with Crippen LogP contribution in [-0.4, -0.2) is 27.3 Å². The lowest BCUT2D eigenvalue weighted by Crippen LogP contribution is -2.23. The summed E-state index contributed by atoms with van der Waals surface area (Å²) in [5.41, 5.74) is 0.629. The molecule has 0 aliphatic rings. The standard InChI is InChI=1S/C11H11NO3/c1-8(13)10(11(14)15)5-4-9-3-2-6-12-7-9/h2-3,6-8,10,13H,1H3,(H,14,15). The Kier molecular flexibility index (Phi) is 3.83. The van der Waals surface area contributed by atoms with Gasteiger partial charge in [-0.1, -0.05) is 11.8 Å². The fourth-order valence-corrected chi connectivity index (χ4v) is 0.986. The highest BCUT2D eigenvalue weighted by molar-refractivity contribution is 5.74. The van der Waals surface area contributed by atoms with Crippen LogP contribution in [0.5, 0.6) is 0 Å². The molecule has 1 aromatic rings. The van der Waals surface area contributed by atoms with Crippen LogP contribution in [0, 0.1) is 17.8 Å². The van der Waals surface area contributed by atoms with Crippen LogP contribution in [0.1, 0.15) is 12.5 Å². The SMILES string of the molecule is CC(O)C(C#Cc1cccnc1)C(=O)O. The number of nitrogens with zero attached hydrogens (tertiary/aromatic N) is 1. The first kappa shape index (κ1) is 11.2. The number of pyridine rings is 1. The van der Waals surface area contributed by atoms with Crippen LogP contribution >= 0.6 is 0 Å². The lowest BCUT2D eigenvalue weighted by atomic mass is 10.0. The molecule has 2 unspecified atom stereocenters. The molecule has 0 aliphatic carbocycles. The highest BCUT2D eigenvalue weighted by Gasteiger charge is 2.19. The predicted molar refractivity (Wildman–Crippen MR) is 53.9 cm³/mol. The van der Waals surface area contributed by atoms with Gasteiger partial charge in [-0.05, 0) is 19.1 Å². The number of aliphatic hydroxyl groups is 1. The van der Waals surface area contributed by atoms with Gasteiger partial charge in [0, 0.05) is 18.0 Å². The van der Waals surface area contributed by atoms with Crippen molar-refractivity contribution in [1.29, 1.82) is 0 Å². The molecule has 0 amide bonds. The van der Waals surface area contributed by atoms with Crippen molar-refractivity contribution in [3.8, 4) is 11.8 Å². The van der Waals surface area contributed by atoms with E-state index in [0.29, 0.717) is 5.56 Å². The fraction of sp³-hybridized carbons (Fsp3) is 0.273. The molecule has 0 aliphatic heterocycles. The summed E-state index contributed by atoms with van der Waals surface area (Å²) in [5, 5.41) is 17.9. The number of aromatic nitrogens is 1. The maximum absolute atomic E-state index is 10.7. The van der Waals surface area contributed by atoms with Gasteiger partial charge in [0.25, 0.3) is 0 Å². The Hall–Kier alpha value is -1.86. The van der Waals surface area contributed by atoms with Gasteiger partial charge < -0.3 is 10.2 Å². The molecule has 1 rings (SSSR count). The molecule has 1 aromatic heterocycles. The van der Waals surface area contributed by atoms with E-state index in [1.807, 2.05) is 0 Å². The van der Waals surface area contributed by atoms with Crippen molar-refractivity contribution < 1.29 is 15.0 Å². The second-order valence-electron chi connectivity index (χ2n) is 3.07. The maximum atomic E-state index is 10.7. The number of rotatable bonds is 2. The first-order chi connectivity index (χ1) is 7.11. The number of hydrogen-bond acceptors (Lipinski definition) is 3. The molecule has 0 aromatic carbocycles. The Balaban J connectivity index is 2.84. The predicted octanol–water partition coefficient (Wildman–Crippen LogP) is 0.515. The average Bonchev–Trinajstić information content (AvgIpc) is 2.18. The normalized spacial score (nSPS) is 13.5. The van der Waals surface area contributed by atoms with Crippen LogP contribution in [0.2, 0.25) is 0 Å². The van der Waals surface area contributed by atoms with Crippen molar-refractivity contribution in [3.63, 3.8) is 0 Å². The van der Waals surface area contributed by atoms with E-state index < -0.39 is 18.0 Å². The minimum Gasteiger partial charge on any atom is -0.480 e. The van der Waals surface area contributed by atoms with Crippen LogP contribution in [0.3, 0.4) is 0 Å². The first-order valence-corrected chi connectivity index (χ1v) is 4.43. The molecule has 2 N–H and O–H groups in total. The van der Waals surface area contributed by atoms with Crippen molar-refractivity contribution in [1.82, 2.24) is 4.98 Å². The van der Waals surface area contributed by atoms with Crippen LogP contribution in [-0.2, 0) is 4.79 Å². The van der Waals surface area contributed by atoms with E-state index in [-0.39, 0.29) is 0 Å². The molecule has 0 bridgehead atoms. The number of aliphatic carboxylic acids is 1. The summed E-state index contributed by atoms with van der Waals surface area (Å²) in [4.78, 5) is 14.5. The summed E-state index contributed by atoms with van der Waals surface area (Å²) in [5.74, 6) is 2.96. The van der Waals surface area contributed by atoms with Gasteiger partial charge >= 0.3 is 5.97 Å². The van der Waals surface area contributed by atoms with E-state index >= 15 is 0 Å². The number of hydrogen-bond donors (Lipinski definition) is 2. The van der Waals surface area contributed by atoms with E-state index in [1.165, 1.54) is 13.1 Å². The van der Waals surface area contributed by atoms with E-state index in [1.54, 1.807) is 18.3 Å². The second kappa shape index (κ2) is 5.13. The topological polar surface area (TPSA) is 70.4 Å². The Morgan fingerprint density at radius 1 is 1.60 bits per heavy atom. The summed E-state index contributed by atoms with van der Waals surface area (Å²) in [7, 11) is 0. The fourth-order valence-electron chi connectivity index (χ4n) is 0.986. The minimum atomic E-state index is -1.12. The molecule has 0 radical (unpaired) electrons. The van der Waals surface area contributed by atoms with E-state index in [0.717, 1.165) is 0 Å². The maximum Gasteiger partial charge on any atom is 0.321 e. The van der Waals surface area contributed by atoms with E-state index in [9.17, 15) is 4.79 Å². The number of aliphatic hydroxyl groups excluding tert-OH is 1. The molecule has 15 heavy (non-hydrogen) atoms. The minimum absolute atomic E-state index is 0.629. The third-order valence-corrected chi connectivity index (χ3v) is 1.78. The van der Waals surface area contributed by atoms with Gasteiger partial charge in [-0.2, -0.15) is 0 Å². The van der Waals surface area contributed by atoms with Gasteiger partial charge in [-0.25, -0.2) is 0 Å². The van der Waals surface area contributed by atoms with Gasteiger partial charge in [0.05, 0.1) is 6.10 Å². The Morgan fingerprint density at radius 3 is 2.80 bits per heavy atom. The molecular weight excluding hydrogens is 194 g/mol. The van der Waals surface area contributed by atoms with Crippen molar-refractivity contribution in [2.24, 2.45) is 5.92 Å². The van der Waals surface area contributed by atoms with Crippen LogP contribution < -0.4 is 0 Å². The van der Waals surface area contributed by atoms with Crippen LogP contribution in [0.15, 0.2) is 24.5 Å². The van der Waals surface area contributed by atoms with E-state index in [4.69, 9.17) is 10.2 Å². The zero-order valence-corrected chi connectivity index (χ0v) is 8.21. The molecule has 0 spiro atoms. The monoisotopic (exact) mass is 205 g/mol. The van der Waals surface area contributed by atoms with Crippen molar-refractivity contribution in [2.75, 3.05) is 0 Å². The highest BCUT2D eigenvalue weighted by Crippen LogP contribution is 2.02. The zero-order valence-electron chi connectivity index (χ0n) is 8.21. The third-order valence-electron chi connectivity index (χ3n) is 1.78. The van der Waals surface area contributed by atoms with E-state index in [2.05, 4.69) is 16.8 Å². The summed E-state index contributed by atoms with van der Waals surface area (Å²) >= 11 is 0. The van der Waals surface area contributed by atoms with Crippen molar-refractivity contribution >= 4 is 5.97 Å². The molecule has 1 heterocycles. The van der Waals surface area contributed by atoms with Gasteiger partial charge in [-0.3, -0.25) is 9.78 Å². The summed E-state index contributed by atoms with van der Waals surface area (Å²) in [6.45, 7) is 1.40. The van der Waals surface area contributed by atoms with Crippen LogP contribution in [0.25, 0.3) is 0 Å². The molecule has 0 fully saturated rings. The van der Waals surface area contributed by atoms with Crippen LogP contribution in [0.4, 0.5) is 0 Å². The first-order valence-electron chi connectivity index (χ1n) is 4.43. The van der Waals surface area contributed by atoms with Crippen molar-refractivity contribution in [2.45, 2.75) is 13.0 Å². The number of carbonyl (C=O) groups is 1. The summed E-state index contributed by atoms with van der Waals surface area (Å²) in [6.07, 6.45) is 2.15. The Morgan fingerprint density at radius 2 is 2.33 bits per heavy atom. The molecule has 4 heteroatoms. The lowest BCUT2D eigenvalue weighted by molar-refractivity contribution is -0.142. The largest absolute Gasteiger partial charge is 0.480 e. The third kappa shape index (κ3) is 3.41. The van der Waals surface area contributed by atoms with Gasteiger partial charge in [0.2, 0.25) is 0 Å². The molecule has 2 atom stereocenters. The lowest BCUT2D eigenvalue weighted by Gasteiger charge is -2.07. The van der Waals surface area contributed by atoms with Crippen molar-refractivity contribution in [3.05, 3.63) is 30.1 Å². The number of carboxylic acids is 1. The molecule has 0 saturated carbocycles. The molecule has 4 nitrogen and oxygen atoms in total. The molecule has 78 valence electrons. The zero-order chi connectivity index (χ0) is 11.3. The smallest absolute Gasteiger partial charge is 0.321 e. The molecular formula is C11H11NO3. The van der Waals surface area contributed by atoms with Gasteiger partial charge in [0.15, 0.2) is 0 Å². The molecule has 0 saturated heterocycles. The van der Waals surface area contributed by atoms with Gasteiger partial charge in [0.1, 0.15) is 5.92 Å². The highest BCUT2D eigenvalue weighted by atomic mass is 16.4. The average molecular weight is 205 g/mol. The Labute approximate surface area is 87.6 Å². The second-order valence-corrected chi connectivity index (χ2v) is 3.07. The summed E-state index contributed by atoms with van der Waals surface area (Å²) < 4.78 is 0.